The van der Waals surface area contributed by atoms with Crippen LogP contribution in [-0.4, -0.2) is 83.6 Å². The number of aromatic nitrogens is 1. The van der Waals surface area contributed by atoms with Gasteiger partial charge in [0.25, 0.3) is 0 Å². The van der Waals surface area contributed by atoms with E-state index in [0.717, 1.165) is 86.3 Å². The van der Waals surface area contributed by atoms with Crippen LogP contribution in [0.4, 0.5) is 10.5 Å². The molecule has 336 valence electrons. The number of H-pyrrole nitrogens is 1. The van der Waals surface area contributed by atoms with Crippen molar-refractivity contribution in [1.82, 2.24) is 20.5 Å². The zero-order valence-corrected chi connectivity index (χ0v) is 36.2. The molecule has 65 heavy (non-hydrogen) atoms. The van der Waals surface area contributed by atoms with Crippen LogP contribution in [0, 0.1) is 5.92 Å². The molecule has 6 aromatic rings. The second-order valence-corrected chi connectivity index (χ2v) is 17.3. The number of fused-ring (bicyclic) bond motifs is 4. The Morgan fingerprint density at radius 3 is 2.25 bits per heavy atom. The van der Waals surface area contributed by atoms with Crippen LogP contribution in [0.2, 0.25) is 0 Å². The number of alkyl carbamates (subject to hydrolysis) is 1. The smallest absolute Gasteiger partial charge is 0.408 e. The van der Waals surface area contributed by atoms with Crippen molar-refractivity contribution in [1.29, 1.82) is 0 Å². The third-order valence-electron chi connectivity index (χ3n) is 13.0. The fourth-order valence-corrected chi connectivity index (χ4v) is 9.31. The van der Waals surface area contributed by atoms with Crippen molar-refractivity contribution in [3.8, 4) is 11.5 Å². The molecule has 4 fully saturated rings. The first-order valence-electron chi connectivity index (χ1n) is 22.6. The number of anilines is 1. The highest BCUT2D eigenvalue weighted by molar-refractivity contribution is 5.89. The highest BCUT2D eigenvalue weighted by atomic mass is 16.6. The summed E-state index contributed by atoms with van der Waals surface area (Å²) in [6.07, 6.45) is 2.07. The number of carbonyl (C=O) groups is 2. The number of aliphatic hydroxyl groups excluding tert-OH is 1. The van der Waals surface area contributed by atoms with E-state index in [-0.39, 0.29) is 36.0 Å². The summed E-state index contributed by atoms with van der Waals surface area (Å²) in [5, 5.41) is 28.1. The average molecular weight is 878 g/mol. The molecule has 5 aromatic carbocycles. The SMILES string of the molecule is O=C(NC(c1ccccc1)c1cccc(OCc2ccc(C(=O)OC3CCN(c4ccc(CNC[C@@H](O)c5ccc(O)c6[nH]c(=O)ccc56)cc4)CC3)cc2)c1)O[C@H]1CN2CCC1CC2. The number of pyridine rings is 1. The van der Waals surface area contributed by atoms with Crippen LogP contribution in [0.3, 0.4) is 0 Å². The number of phenolic OH excluding ortho intramolecular Hbond substituents is 1. The minimum Gasteiger partial charge on any atom is -0.506 e. The number of ether oxygens (including phenoxy) is 3. The number of amides is 1. The first kappa shape index (κ1) is 43.6. The van der Waals surface area contributed by atoms with Crippen LogP contribution in [0.15, 0.2) is 132 Å². The van der Waals surface area contributed by atoms with Gasteiger partial charge in [0.05, 0.1) is 23.2 Å². The van der Waals surface area contributed by atoms with E-state index in [0.29, 0.717) is 46.8 Å². The van der Waals surface area contributed by atoms with Crippen molar-refractivity contribution in [2.45, 2.75) is 63.2 Å². The first-order valence-corrected chi connectivity index (χ1v) is 22.6. The molecule has 10 rings (SSSR count). The van der Waals surface area contributed by atoms with Crippen LogP contribution in [0.25, 0.3) is 10.9 Å². The lowest BCUT2D eigenvalue weighted by molar-refractivity contribution is -0.0336. The van der Waals surface area contributed by atoms with Gasteiger partial charge in [0.2, 0.25) is 5.56 Å². The quantitative estimate of drug-likeness (QED) is 0.0655. The number of nitrogens with one attached hydrogen (secondary N) is 3. The lowest BCUT2D eigenvalue weighted by Gasteiger charge is -2.43. The molecule has 1 aromatic heterocycles. The molecule has 5 heterocycles. The molecule has 4 aliphatic heterocycles. The van der Waals surface area contributed by atoms with Crippen molar-refractivity contribution in [3.63, 3.8) is 0 Å². The number of phenols is 1. The Kier molecular flexibility index (Phi) is 13.4. The molecule has 13 nitrogen and oxygen atoms in total. The van der Waals surface area contributed by atoms with Crippen LogP contribution in [0.1, 0.15) is 76.0 Å². The number of rotatable bonds is 15. The van der Waals surface area contributed by atoms with Crippen molar-refractivity contribution < 1.29 is 34.0 Å². The fraction of sp³-hybridized carbons (Fsp3) is 0.327. The van der Waals surface area contributed by atoms with E-state index in [1.165, 1.54) is 12.1 Å². The van der Waals surface area contributed by atoms with Gasteiger partial charge in [-0.1, -0.05) is 72.8 Å². The summed E-state index contributed by atoms with van der Waals surface area (Å²) in [5.41, 5.74) is 5.98. The van der Waals surface area contributed by atoms with E-state index in [2.05, 4.69) is 49.7 Å². The summed E-state index contributed by atoms with van der Waals surface area (Å²) < 4.78 is 18.1. The Labute approximate surface area is 378 Å². The minimum atomic E-state index is -0.836. The second kappa shape index (κ2) is 20.0. The van der Waals surface area contributed by atoms with Crippen molar-refractivity contribution >= 4 is 28.7 Å². The summed E-state index contributed by atoms with van der Waals surface area (Å²) in [5.74, 6) is 0.697. The third-order valence-corrected chi connectivity index (χ3v) is 13.0. The predicted molar refractivity (Wildman–Crippen MR) is 248 cm³/mol. The van der Waals surface area contributed by atoms with Crippen LogP contribution in [0.5, 0.6) is 11.5 Å². The first-order chi connectivity index (χ1) is 31.7. The van der Waals surface area contributed by atoms with E-state index < -0.39 is 18.2 Å². The van der Waals surface area contributed by atoms with Gasteiger partial charge in [0.15, 0.2) is 0 Å². The van der Waals surface area contributed by atoms with Crippen LogP contribution in [-0.2, 0) is 22.6 Å². The van der Waals surface area contributed by atoms with E-state index in [1.807, 2.05) is 66.7 Å². The Balaban J connectivity index is 0.718. The summed E-state index contributed by atoms with van der Waals surface area (Å²) in [6.45, 7) is 5.62. The molecule has 13 heteroatoms. The lowest BCUT2D eigenvalue weighted by atomic mass is 9.86. The van der Waals surface area contributed by atoms with Gasteiger partial charge in [0.1, 0.15) is 30.3 Å². The number of esters is 1. The Morgan fingerprint density at radius 2 is 1.51 bits per heavy atom. The largest absolute Gasteiger partial charge is 0.506 e. The molecule has 3 atom stereocenters. The van der Waals surface area contributed by atoms with Gasteiger partial charge in [0, 0.05) is 62.7 Å². The minimum absolute atomic E-state index is 0.0414. The summed E-state index contributed by atoms with van der Waals surface area (Å²) in [6, 6.07) is 38.9. The van der Waals surface area contributed by atoms with E-state index >= 15 is 0 Å². The van der Waals surface area contributed by atoms with E-state index in [4.69, 9.17) is 14.2 Å². The monoisotopic (exact) mass is 877 g/mol. The summed E-state index contributed by atoms with van der Waals surface area (Å²) >= 11 is 0. The zero-order valence-electron chi connectivity index (χ0n) is 36.2. The third kappa shape index (κ3) is 10.7. The Morgan fingerprint density at radius 1 is 0.769 bits per heavy atom. The normalized spacial score (nSPS) is 19.3. The molecule has 5 N–H and O–H groups in total. The Bertz CT molecular complexity index is 2620. The molecule has 0 radical (unpaired) electrons. The van der Waals surface area contributed by atoms with Crippen molar-refractivity contribution in [2.75, 3.05) is 44.2 Å². The molecule has 0 aliphatic carbocycles. The average Bonchev–Trinajstić information content (AvgIpc) is 3.34. The fourth-order valence-electron chi connectivity index (χ4n) is 9.31. The predicted octanol–water partition coefficient (Wildman–Crippen LogP) is 7.37. The molecule has 0 saturated carbocycles. The topological polar surface area (TPSA) is 166 Å². The highest BCUT2D eigenvalue weighted by Gasteiger charge is 2.37. The maximum Gasteiger partial charge on any atom is 0.408 e. The second-order valence-electron chi connectivity index (χ2n) is 17.3. The van der Waals surface area contributed by atoms with Crippen molar-refractivity contribution in [2.24, 2.45) is 5.92 Å². The number of nitrogens with zero attached hydrogens (tertiary/aromatic N) is 2. The number of aliphatic hydroxyl groups is 1. The molecule has 2 bridgehead atoms. The van der Waals surface area contributed by atoms with Crippen molar-refractivity contribution in [3.05, 3.63) is 171 Å². The van der Waals surface area contributed by atoms with Gasteiger partial charge >= 0.3 is 12.1 Å². The number of hydrogen-bond donors (Lipinski definition) is 5. The Hall–Kier alpha value is -6.67. The van der Waals surface area contributed by atoms with Gasteiger partial charge in [-0.05, 0) is 108 Å². The zero-order chi connectivity index (χ0) is 44.7. The number of piperidine rings is 4. The van der Waals surface area contributed by atoms with Crippen LogP contribution < -0.4 is 25.8 Å². The molecule has 1 unspecified atom stereocenters. The van der Waals surface area contributed by atoms with Crippen LogP contribution >= 0.6 is 0 Å². The van der Waals surface area contributed by atoms with Gasteiger partial charge < -0.3 is 44.9 Å². The number of aromatic amines is 1. The van der Waals surface area contributed by atoms with E-state index in [1.54, 1.807) is 24.3 Å². The molecular weight excluding hydrogens is 823 g/mol. The highest BCUT2D eigenvalue weighted by Crippen LogP contribution is 2.32. The van der Waals surface area contributed by atoms with Gasteiger partial charge in [-0.2, -0.15) is 0 Å². The maximum atomic E-state index is 13.3. The summed E-state index contributed by atoms with van der Waals surface area (Å²) in [7, 11) is 0. The molecule has 0 spiro atoms. The standard InChI is InChI=1S/C52H55N5O8/c58-45-19-17-43(44-18-20-48(60)54-50(44)45)46(59)31-53-30-34-11-15-40(16-12-34)57-27-23-41(24-28-57)64-51(61)38-13-9-35(10-14-38)33-63-42-8-4-7-39(29-42)49(37-5-2-1-3-6-37)55-52(62)65-47-32-56-25-21-36(47)22-26-56/h1-20,29,36,41,46-47,49,53,58-59H,21-28,30-33H2,(H,54,60)(H,55,62)/t46-,47+,49?/m1/s1. The number of carbonyl (C=O) groups excluding carboxylic acids is 2. The number of benzene rings is 5. The summed E-state index contributed by atoms with van der Waals surface area (Å²) in [4.78, 5) is 45.5. The molecular formula is C52H55N5O8. The number of hydrogen-bond acceptors (Lipinski definition) is 11. The van der Waals surface area contributed by atoms with E-state index in [9.17, 15) is 24.6 Å². The number of aromatic hydroxyl groups is 1. The maximum absolute atomic E-state index is 13.3. The molecule has 1 amide bonds. The molecule has 4 saturated heterocycles. The lowest BCUT2D eigenvalue weighted by Crippen LogP contribution is -2.52. The van der Waals surface area contributed by atoms with Gasteiger partial charge in [-0.25, -0.2) is 9.59 Å². The molecule has 4 aliphatic rings. The van der Waals surface area contributed by atoms with Gasteiger partial charge in [-0.3, -0.25) is 9.69 Å². The van der Waals surface area contributed by atoms with Gasteiger partial charge in [-0.15, -0.1) is 0 Å².